The number of aryl methyl sites for hydroxylation is 2. The molecule has 0 aromatic carbocycles. The van der Waals surface area contributed by atoms with Crippen LogP contribution in [0.5, 0.6) is 0 Å². The smallest absolute Gasteiger partial charge is 0.320 e. The summed E-state index contributed by atoms with van der Waals surface area (Å²) in [6, 6.07) is 6.65. The Morgan fingerprint density at radius 2 is 2.20 bits per heavy atom. The Labute approximate surface area is 115 Å². The number of carbonyl (C=O) groups excluding carboxylic acids is 1. The predicted octanol–water partition coefficient (Wildman–Crippen LogP) is 1.16. The van der Waals surface area contributed by atoms with Gasteiger partial charge in [-0.25, -0.2) is 9.78 Å². The van der Waals surface area contributed by atoms with Crippen LogP contribution >= 0.6 is 0 Å². The molecule has 7 nitrogen and oxygen atoms in total. The average molecular weight is 275 g/mol. The first kappa shape index (κ1) is 13.9. The van der Waals surface area contributed by atoms with Crippen LogP contribution in [0.2, 0.25) is 0 Å². The number of H-pyrrole nitrogens is 2. The summed E-state index contributed by atoms with van der Waals surface area (Å²) in [6.45, 7) is 2.38. The molecule has 0 unspecified atom stereocenters. The quantitative estimate of drug-likeness (QED) is 0.616. The number of aromatic amines is 2. The molecule has 0 atom stereocenters. The molecule has 7 heteroatoms. The average Bonchev–Trinajstić information content (AvgIpc) is 2.80. The van der Waals surface area contributed by atoms with Gasteiger partial charge in [0.1, 0.15) is 5.82 Å². The standard InChI is InChI=1S/C13H17N5O2/c1-9-4-2-6-11(15-9)16-13(20)14-7-3-5-10-8-12(19)18-17-10/h2,4,6,8H,3,5,7H2,1H3,(H2,17,18,19)(H2,14,15,16,20). The van der Waals surface area contributed by atoms with Crippen LogP contribution in [0.25, 0.3) is 0 Å². The fourth-order valence-corrected chi connectivity index (χ4v) is 1.76. The van der Waals surface area contributed by atoms with E-state index in [9.17, 15) is 9.59 Å². The Morgan fingerprint density at radius 1 is 1.35 bits per heavy atom. The molecule has 2 heterocycles. The van der Waals surface area contributed by atoms with Crippen molar-refractivity contribution in [2.24, 2.45) is 0 Å². The van der Waals surface area contributed by atoms with Crippen LogP contribution in [0.4, 0.5) is 10.6 Å². The lowest BCUT2D eigenvalue weighted by Gasteiger charge is -2.07. The highest BCUT2D eigenvalue weighted by Gasteiger charge is 2.02. The summed E-state index contributed by atoms with van der Waals surface area (Å²) in [5.41, 5.74) is 1.54. The van der Waals surface area contributed by atoms with Crippen molar-refractivity contribution in [1.29, 1.82) is 0 Å². The van der Waals surface area contributed by atoms with E-state index in [1.165, 1.54) is 6.07 Å². The van der Waals surface area contributed by atoms with Crippen LogP contribution in [0.1, 0.15) is 17.8 Å². The van der Waals surface area contributed by atoms with Crippen molar-refractivity contribution >= 4 is 11.8 Å². The van der Waals surface area contributed by atoms with Crippen molar-refractivity contribution in [1.82, 2.24) is 20.5 Å². The highest BCUT2D eigenvalue weighted by atomic mass is 16.2. The van der Waals surface area contributed by atoms with Crippen LogP contribution in [-0.2, 0) is 6.42 Å². The van der Waals surface area contributed by atoms with Crippen molar-refractivity contribution in [3.05, 3.63) is 46.0 Å². The molecular formula is C13H17N5O2. The van der Waals surface area contributed by atoms with Gasteiger partial charge in [-0.05, 0) is 31.9 Å². The SMILES string of the molecule is Cc1cccc(NC(=O)NCCCc2cc(=O)[nH][nH]2)n1. The van der Waals surface area contributed by atoms with E-state index in [-0.39, 0.29) is 11.6 Å². The monoisotopic (exact) mass is 275 g/mol. The van der Waals surface area contributed by atoms with Crippen molar-refractivity contribution in [3.63, 3.8) is 0 Å². The van der Waals surface area contributed by atoms with E-state index in [0.717, 1.165) is 17.8 Å². The fourth-order valence-electron chi connectivity index (χ4n) is 1.76. The summed E-state index contributed by atoms with van der Waals surface area (Å²) < 4.78 is 0. The second kappa shape index (κ2) is 6.55. The van der Waals surface area contributed by atoms with Gasteiger partial charge in [-0.1, -0.05) is 6.07 Å². The van der Waals surface area contributed by atoms with Crippen LogP contribution in [0, 0.1) is 6.92 Å². The number of urea groups is 1. The van der Waals surface area contributed by atoms with Crippen molar-refractivity contribution < 1.29 is 4.79 Å². The largest absolute Gasteiger partial charge is 0.338 e. The highest BCUT2D eigenvalue weighted by molar-refractivity contribution is 5.88. The molecule has 0 fully saturated rings. The fraction of sp³-hybridized carbons (Fsp3) is 0.308. The Hall–Kier alpha value is -2.57. The van der Waals surface area contributed by atoms with Gasteiger partial charge in [0.15, 0.2) is 0 Å². The Morgan fingerprint density at radius 3 is 2.90 bits per heavy atom. The van der Waals surface area contributed by atoms with Gasteiger partial charge in [-0.2, -0.15) is 0 Å². The van der Waals surface area contributed by atoms with E-state index in [2.05, 4.69) is 25.8 Å². The summed E-state index contributed by atoms with van der Waals surface area (Å²) in [7, 11) is 0. The number of hydrogen-bond acceptors (Lipinski definition) is 3. The number of anilines is 1. The summed E-state index contributed by atoms with van der Waals surface area (Å²) in [5, 5.41) is 10.6. The van der Waals surface area contributed by atoms with Gasteiger partial charge < -0.3 is 10.4 Å². The maximum Gasteiger partial charge on any atom is 0.320 e. The van der Waals surface area contributed by atoms with Gasteiger partial charge in [0, 0.05) is 24.0 Å². The third-order valence-electron chi connectivity index (χ3n) is 2.69. The number of pyridine rings is 1. The number of amides is 2. The normalized spacial score (nSPS) is 10.2. The van der Waals surface area contributed by atoms with Gasteiger partial charge in [-0.3, -0.25) is 15.2 Å². The molecule has 0 saturated heterocycles. The topological polar surface area (TPSA) is 103 Å². The molecule has 2 aromatic rings. The van der Waals surface area contributed by atoms with E-state index in [0.29, 0.717) is 18.8 Å². The van der Waals surface area contributed by atoms with Gasteiger partial charge in [0.25, 0.3) is 5.56 Å². The minimum absolute atomic E-state index is 0.142. The first-order chi connectivity index (χ1) is 9.63. The van der Waals surface area contributed by atoms with Crippen LogP contribution in [0.3, 0.4) is 0 Å². The zero-order valence-electron chi connectivity index (χ0n) is 11.2. The molecule has 2 aromatic heterocycles. The number of rotatable bonds is 5. The van der Waals surface area contributed by atoms with E-state index < -0.39 is 0 Å². The first-order valence-corrected chi connectivity index (χ1v) is 6.38. The van der Waals surface area contributed by atoms with Gasteiger partial charge in [0.2, 0.25) is 0 Å². The lowest BCUT2D eigenvalue weighted by molar-refractivity contribution is 0.252. The number of carbonyl (C=O) groups is 1. The Balaban J connectivity index is 1.69. The van der Waals surface area contributed by atoms with Gasteiger partial charge in [-0.15, -0.1) is 0 Å². The highest BCUT2D eigenvalue weighted by Crippen LogP contribution is 2.03. The van der Waals surface area contributed by atoms with Gasteiger partial charge in [0.05, 0.1) is 0 Å². The van der Waals surface area contributed by atoms with E-state index >= 15 is 0 Å². The summed E-state index contributed by atoms with van der Waals surface area (Å²) in [4.78, 5) is 26.7. The summed E-state index contributed by atoms with van der Waals surface area (Å²) in [6.07, 6.45) is 1.43. The molecule has 0 radical (unpaired) electrons. The lowest BCUT2D eigenvalue weighted by atomic mass is 10.2. The third-order valence-corrected chi connectivity index (χ3v) is 2.69. The number of nitrogens with zero attached hydrogens (tertiary/aromatic N) is 1. The summed E-state index contributed by atoms with van der Waals surface area (Å²) in [5.74, 6) is 0.525. The van der Waals surface area contributed by atoms with E-state index in [4.69, 9.17) is 0 Å². The van der Waals surface area contributed by atoms with E-state index in [1.807, 2.05) is 19.1 Å². The molecule has 2 amide bonds. The van der Waals surface area contributed by atoms with Gasteiger partial charge >= 0.3 is 6.03 Å². The molecule has 20 heavy (non-hydrogen) atoms. The first-order valence-electron chi connectivity index (χ1n) is 6.38. The zero-order chi connectivity index (χ0) is 14.4. The third kappa shape index (κ3) is 4.27. The van der Waals surface area contributed by atoms with Crippen LogP contribution in [0.15, 0.2) is 29.1 Å². The molecule has 106 valence electrons. The Bertz CT molecular complexity index is 631. The van der Waals surface area contributed by atoms with Crippen LogP contribution in [-0.4, -0.2) is 27.8 Å². The summed E-state index contributed by atoms with van der Waals surface area (Å²) >= 11 is 0. The van der Waals surface area contributed by atoms with Crippen LogP contribution < -0.4 is 16.2 Å². The molecule has 2 rings (SSSR count). The minimum Gasteiger partial charge on any atom is -0.338 e. The second-order valence-electron chi connectivity index (χ2n) is 4.43. The predicted molar refractivity (Wildman–Crippen MR) is 75.7 cm³/mol. The number of nitrogens with one attached hydrogen (secondary N) is 4. The lowest BCUT2D eigenvalue weighted by Crippen LogP contribution is -2.30. The maximum absolute atomic E-state index is 11.6. The maximum atomic E-state index is 11.6. The molecule has 0 bridgehead atoms. The van der Waals surface area contributed by atoms with E-state index in [1.54, 1.807) is 6.07 Å². The zero-order valence-corrected chi connectivity index (χ0v) is 11.2. The van der Waals surface area contributed by atoms with Crippen molar-refractivity contribution in [3.8, 4) is 0 Å². The molecule has 0 spiro atoms. The second-order valence-corrected chi connectivity index (χ2v) is 4.43. The molecule has 4 N–H and O–H groups in total. The minimum atomic E-state index is -0.286. The van der Waals surface area contributed by atoms with Crippen molar-refractivity contribution in [2.45, 2.75) is 19.8 Å². The molecule has 0 aliphatic heterocycles. The molecule has 0 aliphatic rings. The number of aromatic nitrogens is 3. The number of hydrogen-bond donors (Lipinski definition) is 4. The Kier molecular flexibility index (Phi) is 4.54. The molecular weight excluding hydrogens is 258 g/mol. The molecule has 0 saturated carbocycles. The van der Waals surface area contributed by atoms with Crippen molar-refractivity contribution in [2.75, 3.05) is 11.9 Å². The molecule has 0 aliphatic carbocycles.